The van der Waals surface area contributed by atoms with Gasteiger partial charge in [0.05, 0.1) is 13.2 Å². The van der Waals surface area contributed by atoms with E-state index in [9.17, 15) is 10.2 Å². The first-order valence-electron chi connectivity index (χ1n) is 8.72. The van der Waals surface area contributed by atoms with Crippen molar-refractivity contribution in [2.75, 3.05) is 13.2 Å². The molecule has 2 aromatic rings. The van der Waals surface area contributed by atoms with Crippen molar-refractivity contribution >= 4 is 0 Å². The zero-order valence-corrected chi connectivity index (χ0v) is 14.2. The first kappa shape index (κ1) is 17.6. The Labute approximate surface area is 151 Å². The van der Waals surface area contributed by atoms with Gasteiger partial charge >= 0.3 is 0 Å². The molecule has 0 aliphatic carbocycles. The summed E-state index contributed by atoms with van der Waals surface area (Å²) in [5, 5.41) is 20.8. The fourth-order valence-electron chi connectivity index (χ4n) is 3.27. The zero-order chi connectivity index (χ0) is 17.9. The minimum absolute atomic E-state index is 0.105. The van der Waals surface area contributed by atoms with Gasteiger partial charge in [-0.1, -0.05) is 60.7 Å². The molecule has 2 unspecified atom stereocenters. The van der Waals surface area contributed by atoms with Gasteiger partial charge in [0.15, 0.2) is 12.6 Å². The highest BCUT2D eigenvalue weighted by Crippen LogP contribution is 2.34. The molecule has 2 aromatic carbocycles. The lowest BCUT2D eigenvalue weighted by molar-refractivity contribution is -0.331. The van der Waals surface area contributed by atoms with E-state index in [0.717, 1.165) is 11.1 Å². The highest BCUT2D eigenvalue weighted by molar-refractivity contribution is 5.18. The lowest BCUT2D eigenvalue weighted by Gasteiger charge is -2.43. The Hall–Kier alpha value is -1.80. The lowest BCUT2D eigenvalue weighted by atomic mass is 10.0. The molecule has 2 heterocycles. The molecule has 0 bridgehead atoms. The van der Waals surface area contributed by atoms with Crippen LogP contribution in [0.1, 0.15) is 23.7 Å². The number of aliphatic hydroxyl groups is 2. The second-order valence-electron chi connectivity index (χ2n) is 6.49. The molecule has 138 valence electrons. The Morgan fingerprint density at radius 1 is 0.615 bits per heavy atom. The summed E-state index contributed by atoms with van der Waals surface area (Å²) in [6.45, 7) is 0.210. The van der Waals surface area contributed by atoms with E-state index in [1.807, 2.05) is 60.7 Å². The molecule has 0 radical (unpaired) electrons. The van der Waals surface area contributed by atoms with Crippen molar-refractivity contribution in [2.24, 2.45) is 0 Å². The van der Waals surface area contributed by atoms with Gasteiger partial charge in [-0.2, -0.15) is 0 Å². The zero-order valence-electron chi connectivity index (χ0n) is 14.2. The van der Waals surface area contributed by atoms with Crippen LogP contribution in [-0.4, -0.2) is 47.8 Å². The van der Waals surface area contributed by atoms with Crippen LogP contribution in [0.4, 0.5) is 0 Å². The molecule has 0 aromatic heterocycles. The maximum absolute atomic E-state index is 10.4. The summed E-state index contributed by atoms with van der Waals surface area (Å²) in [6.07, 6.45) is -4.47. The SMILES string of the molecule is O[C@@H]1COC(c2ccccc2)O[C@H]1[C@@H]1OC(c2ccccc2)OC[C@H]1O. The van der Waals surface area contributed by atoms with Crippen LogP contribution < -0.4 is 0 Å². The van der Waals surface area contributed by atoms with Gasteiger partial charge < -0.3 is 29.2 Å². The van der Waals surface area contributed by atoms with Crippen LogP contribution in [0.15, 0.2) is 60.7 Å². The molecule has 2 saturated heterocycles. The van der Waals surface area contributed by atoms with Crippen molar-refractivity contribution in [3.63, 3.8) is 0 Å². The van der Waals surface area contributed by atoms with E-state index in [4.69, 9.17) is 18.9 Å². The second-order valence-corrected chi connectivity index (χ2v) is 6.49. The number of aliphatic hydroxyl groups excluding tert-OH is 2. The summed E-state index contributed by atoms with van der Waals surface area (Å²) in [6, 6.07) is 19.0. The minimum Gasteiger partial charge on any atom is -0.388 e. The summed E-state index contributed by atoms with van der Waals surface area (Å²) < 4.78 is 23.1. The second kappa shape index (κ2) is 7.84. The van der Waals surface area contributed by atoms with Crippen molar-refractivity contribution in [3.05, 3.63) is 71.8 Å². The van der Waals surface area contributed by atoms with Gasteiger partial charge in [0.25, 0.3) is 0 Å². The van der Waals surface area contributed by atoms with Crippen molar-refractivity contribution in [3.8, 4) is 0 Å². The van der Waals surface area contributed by atoms with Gasteiger partial charge in [0, 0.05) is 11.1 Å². The van der Waals surface area contributed by atoms with Gasteiger partial charge in [0.1, 0.15) is 24.4 Å². The van der Waals surface area contributed by atoms with Crippen LogP contribution in [-0.2, 0) is 18.9 Å². The average Bonchev–Trinajstić information content (AvgIpc) is 2.70. The largest absolute Gasteiger partial charge is 0.388 e. The number of rotatable bonds is 3. The highest BCUT2D eigenvalue weighted by Gasteiger charge is 2.44. The van der Waals surface area contributed by atoms with Crippen molar-refractivity contribution in [1.29, 1.82) is 0 Å². The first-order valence-corrected chi connectivity index (χ1v) is 8.72. The van der Waals surface area contributed by atoms with E-state index in [2.05, 4.69) is 0 Å². The third kappa shape index (κ3) is 3.66. The molecule has 2 fully saturated rings. The Bertz CT molecular complexity index is 632. The van der Waals surface area contributed by atoms with Crippen LogP contribution in [0.5, 0.6) is 0 Å². The lowest BCUT2D eigenvalue weighted by Crippen LogP contribution is -2.55. The number of hydrogen-bond donors (Lipinski definition) is 2. The fourth-order valence-corrected chi connectivity index (χ4v) is 3.27. The summed E-state index contributed by atoms with van der Waals surface area (Å²) in [5.74, 6) is 0. The molecule has 2 N–H and O–H groups in total. The van der Waals surface area contributed by atoms with Gasteiger partial charge in [-0.3, -0.25) is 0 Å². The smallest absolute Gasteiger partial charge is 0.184 e. The molecule has 0 spiro atoms. The van der Waals surface area contributed by atoms with Gasteiger partial charge in [-0.15, -0.1) is 0 Å². The molecular weight excluding hydrogens is 336 g/mol. The van der Waals surface area contributed by atoms with Crippen LogP contribution in [0.2, 0.25) is 0 Å². The normalized spacial score (nSPS) is 35.2. The molecule has 4 rings (SSSR count). The molecule has 0 saturated carbocycles. The van der Waals surface area contributed by atoms with Gasteiger partial charge in [0.2, 0.25) is 0 Å². The molecule has 0 amide bonds. The van der Waals surface area contributed by atoms with Crippen LogP contribution >= 0.6 is 0 Å². The van der Waals surface area contributed by atoms with Gasteiger partial charge in [-0.05, 0) is 0 Å². The van der Waals surface area contributed by atoms with Crippen LogP contribution in [0.25, 0.3) is 0 Å². The predicted octanol–water partition coefficient (Wildman–Crippen LogP) is 1.94. The minimum atomic E-state index is -0.899. The van der Waals surface area contributed by atoms with E-state index < -0.39 is 37.0 Å². The number of ether oxygens (including phenoxy) is 4. The van der Waals surface area contributed by atoms with E-state index in [1.165, 1.54) is 0 Å². The van der Waals surface area contributed by atoms with E-state index in [-0.39, 0.29) is 13.2 Å². The van der Waals surface area contributed by atoms with Crippen LogP contribution in [0.3, 0.4) is 0 Å². The van der Waals surface area contributed by atoms with Crippen molar-refractivity contribution < 1.29 is 29.2 Å². The van der Waals surface area contributed by atoms with Crippen LogP contribution in [0, 0.1) is 0 Å². The molecule has 2 aliphatic rings. The summed E-state index contributed by atoms with van der Waals surface area (Å²) in [7, 11) is 0. The maximum atomic E-state index is 10.4. The number of hydrogen-bond acceptors (Lipinski definition) is 6. The quantitative estimate of drug-likeness (QED) is 0.873. The van der Waals surface area contributed by atoms with E-state index >= 15 is 0 Å². The molecule has 2 aliphatic heterocycles. The average molecular weight is 358 g/mol. The van der Waals surface area contributed by atoms with E-state index in [0.29, 0.717) is 0 Å². The molecule has 6 nitrogen and oxygen atoms in total. The monoisotopic (exact) mass is 358 g/mol. The Morgan fingerprint density at radius 3 is 1.38 bits per heavy atom. The molecule has 26 heavy (non-hydrogen) atoms. The standard InChI is InChI=1S/C20H22O6/c21-15-11-23-19(13-7-3-1-4-8-13)25-17(15)18-16(22)12-24-20(26-18)14-9-5-2-6-10-14/h1-10,15-22H,11-12H2/t15-,16-,17-,18-,19?,20?/m1/s1. The molecule has 6 heteroatoms. The highest BCUT2D eigenvalue weighted by atomic mass is 16.7. The third-order valence-corrected chi connectivity index (χ3v) is 4.62. The molecule has 6 atom stereocenters. The summed E-state index contributed by atoms with van der Waals surface area (Å²) in [4.78, 5) is 0. The fraction of sp³-hybridized carbons (Fsp3) is 0.400. The summed E-state index contributed by atoms with van der Waals surface area (Å²) >= 11 is 0. The predicted molar refractivity (Wildman–Crippen MR) is 92.0 cm³/mol. The molecular formula is C20H22O6. The number of benzene rings is 2. The maximum Gasteiger partial charge on any atom is 0.184 e. The van der Waals surface area contributed by atoms with Crippen molar-refractivity contribution in [2.45, 2.75) is 37.0 Å². The Balaban J connectivity index is 1.51. The Morgan fingerprint density at radius 2 is 1.00 bits per heavy atom. The van der Waals surface area contributed by atoms with Crippen molar-refractivity contribution in [1.82, 2.24) is 0 Å². The third-order valence-electron chi connectivity index (χ3n) is 4.62. The topological polar surface area (TPSA) is 77.4 Å². The first-order chi connectivity index (χ1) is 12.7. The van der Waals surface area contributed by atoms with E-state index in [1.54, 1.807) is 0 Å². The summed E-state index contributed by atoms with van der Waals surface area (Å²) in [5.41, 5.74) is 1.70. The Kier molecular flexibility index (Phi) is 5.31. The van der Waals surface area contributed by atoms with Gasteiger partial charge in [-0.25, -0.2) is 0 Å².